The van der Waals surface area contributed by atoms with Crippen LogP contribution in [0.4, 0.5) is 5.69 Å². The lowest BCUT2D eigenvalue weighted by molar-refractivity contribution is -0.110. The Bertz CT molecular complexity index is 997. The standard InChI is InChI=1S/C18H14N4O/c19-17(20)10-5-6-16-13(7-10)14(18(23)22-16)8-11-9-21-15-4-2-1-3-12(11)15/h1-9,21H,(H3,19,20)(H,22,23). The van der Waals surface area contributed by atoms with Gasteiger partial charge in [-0.2, -0.15) is 0 Å². The van der Waals surface area contributed by atoms with Crippen LogP contribution < -0.4 is 11.1 Å². The number of hydrogen-bond acceptors (Lipinski definition) is 2. The number of carbonyl (C=O) groups is 1. The number of para-hydroxylation sites is 1. The van der Waals surface area contributed by atoms with E-state index >= 15 is 0 Å². The highest BCUT2D eigenvalue weighted by Crippen LogP contribution is 2.34. The summed E-state index contributed by atoms with van der Waals surface area (Å²) in [5, 5.41) is 11.5. The number of benzene rings is 2. The van der Waals surface area contributed by atoms with Gasteiger partial charge in [0, 0.05) is 45.1 Å². The van der Waals surface area contributed by atoms with Crippen LogP contribution in [0.5, 0.6) is 0 Å². The number of rotatable bonds is 2. The fourth-order valence-corrected chi connectivity index (χ4v) is 2.87. The molecule has 0 atom stereocenters. The highest BCUT2D eigenvalue weighted by molar-refractivity contribution is 6.35. The van der Waals surface area contributed by atoms with Gasteiger partial charge in [-0.15, -0.1) is 0 Å². The molecule has 3 aromatic rings. The topological polar surface area (TPSA) is 94.8 Å². The van der Waals surface area contributed by atoms with E-state index in [1.165, 1.54) is 0 Å². The van der Waals surface area contributed by atoms with Crippen molar-refractivity contribution in [1.29, 1.82) is 5.41 Å². The van der Waals surface area contributed by atoms with E-state index in [9.17, 15) is 4.79 Å². The normalized spacial score (nSPS) is 15.0. The Morgan fingerprint density at radius 2 is 2.00 bits per heavy atom. The minimum Gasteiger partial charge on any atom is -0.384 e. The van der Waals surface area contributed by atoms with Gasteiger partial charge in [0.25, 0.3) is 5.91 Å². The predicted octanol–water partition coefficient (Wildman–Crippen LogP) is 2.94. The molecule has 5 nitrogen and oxygen atoms in total. The van der Waals surface area contributed by atoms with Crippen molar-refractivity contribution in [2.75, 3.05) is 5.32 Å². The van der Waals surface area contributed by atoms with Crippen molar-refractivity contribution in [1.82, 2.24) is 4.98 Å². The number of anilines is 1. The molecule has 0 aliphatic carbocycles. The number of nitrogens with one attached hydrogen (secondary N) is 3. The van der Waals surface area contributed by atoms with E-state index < -0.39 is 0 Å². The molecule has 2 aromatic carbocycles. The van der Waals surface area contributed by atoms with E-state index in [0.717, 1.165) is 27.7 Å². The smallest absolute Gasteiger partial charge is 0.256 e. The number of hydrogen-bond donors (Lipinski definition) is 4. The quantitative estimate of drug-likeness (QED) is 0.333. The van der Waals surface area contributed by atoms with E-state index in [1.807, 2.05) is 36.5 Å². The molecule has 0 fully saturated rings. The van der Waals surface area contributed by atoms with E-state index in [2.05, 4.69) is 10.3 Å². The highest BCUT2D eigenvalue weighted by atomic mass is 16.2. The minimum atomic E-state index is -0.147. The number of amidine groups is 1. The van der Waals surface area contributed by atoms with E-state index in [4.69, 9.17) is 11.1 Å². The molecule has 0 saturated carbocycles. The summed E-state index contributed by atoms with van der Waals surface area (Å²) in [6.45, 7) is 0. The third kappa shape index (κ3) is 2.10. The molecular weight excluding hydrogens is 288 g/mol. The molecule has 1 aromatic heterocycles. The van der Waals surface area contributed by atoms with Gasteiger partial charge < -0.3 is 16.0 Å². The van der Waals surface area contributed by atoms with Crippen molar-refractivity contribution >= 4 is 40.0 Å². The van der Waals surface area contributed by atoms with Crippen LogP contribution in [0.25, 0.3) is 22.6 Å². The molecule has 2 heterocycles. The largest absolute Gasteiger partial charge is 0.384 e. The maximum absolute atomic E-state index is 12.3. The summed E-state index contributed by atoms with van der Waals surface area (Å²) in [7, 11) is 0. The van der Waals surface area contributed by atoms with Crippen LogP contribution in [0.15, 0.2) is 48.7 Å². The molecule has 4 rings (SSSR count). The second-order valence-corrected chi connectivity index (χ2v) is 5.48. The van der Waals surface area contributed by atoms with Crippen LogP contribution in [0.2, 0.25) is 0 Å². The average Bonchev–Trinajstić information content (AvgIpc) is 3.09. The molecule has 5 N–H and O–H groups in total. The summed E-state index contributed by atoms with van der Waals surface area (Å²) in [5.41, 5.74) is 10.2. The van der Waals surface area contributed by atoms with Gasteiger partial charge >= 0.3 is 0 Å². The lowest BCUT2D eigenvalue weighted by atomic mass is 10.0. The van der Waals surface area contributed by atoms with Gasteiger partial charge in [-0.1, -0.05) is 18.2 Å². The van der Waals surface area contributed by atoms with Gasteiger partial charge in [0.1, 0.15) is 5.84 Å². The molecule has 5 heteroatoms. The summed E-state index contributed by atoms with van der Waals surface area (Å²) in [4.78, 5) is 15.5. The fraction of sp³-hybridized carbons (Fsp3) is 0. The third-order valence-electron chi connectivity index (χ3n) is 4.03. The summed E-state index contributed by atoms with van der Waals surface area (Å²) < 4.78 is 0. The molecule has 1 aliphatic rings. The summed E-state index contributed by atoms with van der Waals surface area (Å²) >= 11 is 0. The average molecular weight is 302 g/mol. The molecule has 0 bridgehead atoms. The molecule has 1 amide bonds. The molecule has 0 radical (unpaired) electrons. The predicted molar refractivity (Wildman–Crippen MR) is 92.3 cm³/mol. The number of aromatic amines is 1. The number of fused-ring (bicyclic) bond motifs is 2. The lowest BCUT2D eigenvalue weighted by Crippen LogP contribution is -2.10. The first-order valence-corrected chi connectivity index (χ1v) is 7.21. The first-order valence-electron chi connectivity index (χ1n) is 7.21. The second kappa shape index (κ2) is 4.84. The second-order valence-electron chi connectivity index (χ2n) is 5.48. The van der Waals surface area contributed by atoms with Gasteiger partial charge in [0.05, 0.1) is 0 Å². The number of amides is 1. The van der Waals surface area contributed by atoms with Crippen molar-refractivity contribution in [2.45, 2.75) is 0 Å². The van der Waals surface area contributed by atoms with Gasteiger partial charge in [0.15, 0.2) is 0 Å². The Kier molecular flexibility index (Phi) is 2.81. The van der Waals surface area contributed by atoms with Crippen molar-refractivity contribution in [3.63, 3.8) is 0 Å². The van der Waals surface area contributed by atoms with Crippen LogP contribution in [0.1, 0.15) is 16.7 Å². The summed E-state index contributed by atoms with van der Waals surface area (Å²) in [5.74, 6) is -0.162. The Morgan fingerprint density at radius 3 is 2.83 bits per heavy atom. The minimum absolute atomic E-state index is 0.0152. The van der Waals surface area contributed by atoms with E-state index in [0.29, 0.717) is 11.1 Å². The first-order chi connectivity index (χ1) is 11.1. The van der Waals surface area contributed by atoms with Crippen LogP contribution >= 0.6 is 0 Å². The fourth-order valence-electron chi connectivity index (χ4n) is 2.87. The molecule has 0 unspecified atom stereocenters. The molecule has 0 saturated heterocycles. The monoisotopic (exact) mass is 302 g/mol. The Balaban J connectivity index is 1.88. The summed E-state index contributed by atoms with van der Waals surface area (Å²) in [6, 6.07) is 13.2. The van der Waals surface area contributed by atoms with Gasteiger partial charge in [0.2, 0.25) is 0 Å². The Morgan fingerprint density at radius 1 is 1.17 bits per heavy atom. The zero-order valence-electron chi connectivity index (χ0n) is 12.2. The van der Waals surface area contributed by atoms with Crippen LogP contribution in [0, 0.1) is 5.41 Å². The SMILES string of the molecule is N=C(N)c1ccc2c(c1)C(=Cc1c[nH]c3ccccc13)C(=O)N2. The zero-order chi connectivity index (χ0) is 16.0. The van der Waals surface area contributed by atoms with Crippen molar-refractivity contribution < 1.29 is 4.79 Å². The molecular formula is C18H14N4O. The highest BCUT2D eigenvalue weighted by Gasteiger charge is 2.24. The summed E-state index contributed by atoms with van der Waals surface area (Å²) in [6.07, 6.45) is 3.75. The number of H-pyrrole nitrogens is 1. The lowest BCUT2D eigenvalue weighted by Gasteiger charge is -2.02. The van der Waals surface area contributed by atoms with Crippen LogP contribution in [-0.2, 0) is 4.79 Å². The maximum atomic E-state index is 12.3. The van der Waals surface area contributed by atoms with Gasteiger partial charge in [-0.25, -0.2) is 0 Å². The van der Waals surface area contributed by atoms with Crippen molar-refractivity contribution in [3.05, 3.63) is 65.4 Å². The van der Waals surface area contributed by atoms with E-state index in [-0.39, 0.29) is 11.7 Å². The first kappa shape index (κ1) is 13.3. The Labute approximate surface area is 132 Å². The number of carbonyl (C=O) groups excluding carboxylic acids is 1. The van der Waals surface area contributed by atoms with Crippen molar-refractivity contribution in [2.24, 2.45) is 5.73 Å². The molecule has 23 heavy (non-hydrogen) atoms. The van der Waals surface area contributed by atoms with Gasteiger partial charge in [-0.3, -0.25) is 10.2 Å². The van der Waals surface area contributed by atoms with Crippen LogP contribution in [-0.4, -0.2) is 16.7 Å². The molecule has 1 aliphatic heterocycles. The van der Waals surface area contributed by atoms with Gasteiger partial charge in [-0.05, 0) is 30.3 Å². The van der Waals surface area contributed by atoms with Crippen LogP contribution in [0.3, 0.4) is 0 Å². The van der Waals surface area contributed by atoms with Crippen molar-refractivity contribution in [3.8, 4) is 0 Å². The zero-order valence-corrected chi connectivity index (χ0v) is 12.2. The maximum Gasteiger partial charge on any atom is 0.256 e. The molecule has 0 spiro atoms. The number of aromatic nitrogens is 1. The number of nitrogen functional groups attached to an aromatic ring is 1. The Hall–Kier alpha value is -3.34. The van der Waals surface area contributed by atoms with E-state index in [1.54, 1.807) is 18.2 Å². The number of nitrogens with two attached hydrogens (primary N) is 1. The third-order valence-corrected chi connectivity index (χ3v) is 4.03. The molecule has 112 valence electrons.